The second-order valence-electron chi connectivity index (χ2n) is 2.96. The van der Waals surface area contributed by atoms with Crippen LogP contribution < -0.4 is 0 Å². The smallest absolute Gasteiger partial charge is 0.232 e. The Labute approximate surface area is 140 Å². The Bertz CT molecular complexity index is 358. The molecule has 1 atom stereocenters. The molecule has 20 heavy (non-hydrogen) atoms. The van der Waals surface area contributed by atoms with Crippen molar-refractivity contribution in [1.82, 2.24) is 0 Å². The molecular weight excluding hydrogens is 468 g/mol. The largest absolute Gasteiger partial charge is 0.772 e. The Morgan fingerprint density at radius 1 is 0.950 bits per heavy atom. The topological polar surface area (TPSA) is 57.2 Å². The number of carbonyl (C=O) groups is 1. The Morgan fingerprint density at radius 3 is 1.35 bits per heavy atom. The van der Waals surface area contributed by atoms with Gasteiger partial charge >= 0.3 is 0 Å². The Balaban J connectivity index is 0. The van der Waals surface area contributed by atoms with Crippen LogP contribution in [0.3, 0.4) is 0 Å². The van der Waals surface area contributed by atoms with Crippen LogP contribution in [0.15, 0.2) is 60.7 Å². The van der Waals surface area contributed by atoms with Crippen LogP contribution in [0.25, 0.3) is 0 Å². The summed E-state index contributed by atoms with van der Waals surface area (Å²) in [5, 5.41) is -0.853. The van der Waals surface area contributed by atoms with Gasteiger partial charge in [-0.2, -0.15) is 72.8 Å². The van der Waals surface area contributed by atoms with Gasteiger partial charge in [0.05, 0.1) is 5.75 Å². The zero-order chi connectivity index (χ0) is 14.3. The molecule has 0 spiro atoms. The SMILES string of the molecule is O=C(Cl)CS(=O)[O-].[W].[c-]1ccccc1.[c-]1ccccc1. The summed E-state index contributed by atoms with van der Waals surface area (Å²) in [6.07, 6.45) is 0. The van der Waals surface area contributed by atoms with Crippen molar-refractivity contribution in [3.63, 3.8) is 0 Å². The van der Waals surface area contributed by atoms with Gasteiger partial charge in [-0.15, -0.1) is 0 Å². The van der Waals surface area contributed by atoms with E-state index in [0.717, 1.165) is 0 Å². The van der Waals surface area contributed by atoms with Crippen LogP contribution in [0.4, 0.5) is 0 Å². The Hall–Kier alpha value is -0.802. The normalized spacial score (nSPS) is 9.50. The van der Waals surface area contributed by atoms with E-state index in [1.165, 1.54) is 0 Å². The minimum absolute atomic E-state index is 0. The fraction of sp³-hybridized carbons (Fsp3) is 0.0714. The second-order valence-corrected chi connectivity index (χ2v) is 4.28. The molecule has 0 amide bonds. The van der Waals surface area contributed by atoms with E-state index in [0.29, 0.717) is 0 Å². The van der Waals surface area contributed by atoms with Crippen LogP contribution >= 0.6 is 11.6 Å². The first-order chi connectivity index (χ1) is 9.13. The van der Waals surface area contributed by atoms with Crippen LogP contribution in [0.5, 0.6) is 0 Å². The van der Waals surface area contributed by atoms with Gasteiger partial charge in [-0.05, 0) is 22.7 Å². The summed E-state index contributed by atoms with van der Waals surface area (Å²) in [4.78, 5) is 9.63. The molecule has 0 saturated carbocycles. The first-order valence-electron chi connectivity index (χ1n) is 5.19. The molecule has 0 bridgehead atoms. The molecule has 2 rings (SSSR count). The number of carbonyl (C=O) groups excluding carboxylic acids is 1. The standard InChI is InChI=1S/2C6H5.C2H3ClO3S.W/c2*1-2-4-6-5-3-1;3-2(4)1-7(5)6;/h2*1-5H;1H2,(H,5,6);/q2*-1;;/p-1. The van der Waals surface area contributed by atoms with Crippen LogP contribution in [-0.4, -0.2) is 19.8 Å². The van der Waals surface area contributed by atoms with Crippen molar-refractivity contribution in [2.24, 2.45) is 0 Å². The number of benzene rings is 2. The molecule has 0 heterocycles. The monoisotopic (exact) mass is 479 g/mol. The van der Waals surface area contributed by atoms with E-state index >= 15 is 0 Å². The first-order valence-corrected chi connectivity index (χ1v) is 6.81. The number of hydrogen-bond donors (Lipinski definition) is 0. The van der Waals surface area contributed by atoms with E-state index < -0.39 is 22.1 Å². The summed E-state index contributed by atoms with van der Waals surface area (Å²) < 4.78 is 19.0. The summed E-state index contributed by atoms with van der Waals surface area (Å²) in [5.74, 6) is -0.596. The van der Waals surface area contributed by atoms with Gasteiger partial charge in [-0.25, -0.2) is 0 Å². The summed E-state index contributed by atoms with van der Waals surface area (Å²) >= 11 is 2.31. The molecule has 0 aromatic heterocycles. The van der Waals surface area contributed by atoms with Gasteiger partial charge in [0.2, 0.25) is 5.24 Å². The molecule has 2 aromatic carbocycles. The maximum Gasteiger partial charge on any atom is 0.232 e. The Morgan fingerprint density at radius 2 is 1.30 bits per heavy atom. The van der Waals surface area contributed by atoms with Gasteiger partial charge in [0.15, 0.2) is 0 Å². The van der Waals surface area contributed by atoms with Crippen molar-refractivity contribution in [2.75, 3.05) is 5.75 Å². The molecular formula is C14H12ClO3SW-3. The zero-order valence-corrected chi connectivity index (χ0v) is 14.9. The number of rotatable bonds is 2. The summed E-state index contributed by atoms with van der Waals surface area (Å²) in [5.41, 5.74) is 0. The molecule has 108 valence electrons. The molecule has 2 aromatic rings. The Kier molecular flexibility index (Phi) is 17.5. The van der Waals surface area contributed by atoms with Crippen molar-refractivity contribution in [1.29, 1.82) is 0 Å². The predicted octanol–water partition coefficient (Wildman–Crippen LogP) is 2.60. The van der Waals surface area contributed by atoms with Crippen LogP contribution in [0.1, 0.15) is 0 Å². The molecule has 0 N–H and O–H groups in total. The van der Waals surface area contributed by atoms with E-state index in [-0.39, 0.29) is 21.1 Å². The predicted molar refractivity (Wildman–Crippen MR) is 75.2 cm³/mol. The van der Waals surface area contributed by atoms with E-state index in [1.54, 1.807) is 0 Å². The van der Waals surface area contributed by atoms with Crippen molar-refractivity contribution < 1.29 is 34.6 Å². The fourth-order valence-corrected chi connectivity index (χ4v) is 1.23. The summed E-state index contributed by atoms with van der Waals surface area (Å²) in [6.45, 7) is 0. The fourth-order valence-electron chi connectivity index (χ4n) is 0.777. The maximum absolute atomic E-state index is 9.63. The minimum atomic E-state index is -2.33. The van der Waals surface area contributed by atoms with Gasteiger partial charge in [0.25, 0.3) is 0 Å². The molecule has 3 nitrogen and oxygen atoms in total. The van der Waals surface area contributed by atoms with Gasteiger partial charge in [0.1, 0.15) is 0 Å². The van der Waals surface area contributed by atoms with E-state index in [4.69, 9.17) is 0 Å². The quantitative estimate of drug-likeness (QED) is 0.378. The third kappa shape index (κ3) is 19.5. The van der Waals surface area contributed by atoms with Crippen LogP contribution in [-0.2, 0) is 36.9 Å². The van der Waals surface area contributed by atoms with Gasteiger partial charge in [-0.3, -0.25) is 9.00 Å². The molecule has 1 unspecified atom stereocenters. The molecule has 0 aliphatic rings. The van der Waals surface area contributed by atoms with Gasteiger partial charge < -0.3 is 4.55 Å². The molecule has 6 heteroatoms. The second kappa shape index (κ2) is 16.3. The van der Waals surface area contributed by atoms with Crippen molar-refractivity contribution in [3.05, 3.63) is 72.8 Å². The van der Waals surface area contributed by atoms with Crippen molar-refractivity contribution in [2.45, 2.75) is 0 Å². The average molecular weight is 480 g/mol. The van der Waals surface area contributed by atoms with Gasteiger partial charge in [-0.1, -0.05) is 0 Å². The van der Waals surface area contributed by atoms with Crippen LogP contribution in [0, 0.1) is 12.1 Å². The summed E-state index contributed by atoms with van der Waals surface area (Å²) in [6, 6.07) is 25.0. The third-order valence-electron chi connectivity index (χ3n) is 1.45. The average Bonchev–Trinajstić information content (AvgIpc) is 2.42. The summed E-state index contributed by atoms with van der Waals surface area (Å²) in [7, 11) is 0. The molecule has 0 aliphatic carbocycles. The molecule has 0 radical (unpaired) electrons. The minimum Gasteiger partial charge on any atom is -0.772 e. The molecule has 0 fully saturated rings. The number of halogens is 1. The van der Waals surface area contributed by atoms with Crippen LogP contribution in [0.2, 0.25) is 0 Å². The third-order valence-corrected chi connectivity index (χ3v) is 2.24. The first kappa shape index (κ1) is 21.5. The van der Waals surface area contributed by atoms with E-state index in [9.17, 15) is 13.6 Å². The number of hydrogen-bond acceptors (Lipinski definition) is 3. The van der Waals surface area contributed by atoms with E-state index in [2.05, 4.69) is 23.7 Å². The van der Waals surface area contributed by atoms with Crippen molar-refractivity contribution in [3.8, 4) is 0 Å². The maximum atomic E-state index is 9.63. The molecule has 0 saturated heterocycles. The molecule has 0 aliphatic heterocycles. The van der Waals surface area contributed by atoms with Gasteiger partial charge in [0, 0.05) is 21.1 Å². The van der Waals surface area contributed by atoms with E-state index in [1.807, 2.05) is 60.7 Å². The zero-order valence-electron chi connectivity index (χ0n) is 10.4. The van der Waals surface area contributed by atoms with Crippen molar-refractivity contribution >= 4 is 27.9 Å².